The molecule has 0 N–H and O–H groups in total. The van der Waals surface area contributed by atoms with Crippen LogP contribution >= 0.6 is 0 Å². The quantitative estimate of drug-likeness (QED) is 0.726. The summed E-state index contributed by atoms with van der Waals surface area (Å²) in [6.07, 6.45) is 5.74. The molecule has 4 heteroatoms. The molecule has 2 saturated heterocycles. The van der Waals surface area contributed by atoms with E-state index in [4.69, 9.17) is 9.47 Å². The maximum Gasteiger partial charge on any atom is 0.257 e. The van der Waals surface area contributed by atoms with E-state index < -0.39 is 5.60 Å². The number of hydrogen-bond acceptors (Lipinski definition) is 3. The molecule has 1 amide bonds. The Morgan fingerprint density at radius 1 is 1.29 bits per heavy atom. The molecular weight excluding hydrogens is 218 g/mol. The monoisotopic (exact) mass is 239 g/mol. The van der Waals surface area contributed by atoms with Crippen molar-refractivity contribution >= 4 is 5.91 Å². The lowest BCUT2D eigenvalue weighted by molar-refractivity contribution is -0.157. The van der Waals surface area contributed by atoms with Crippen molar-refractivity contribution in [3.63, 3.8) is 0 Å². The van der Waals surface area contributed by atoms with E-state index in [2.05, 4.69) is 0 Å². The average molecular weight is 239 g/mol. The van der Waals surface area contributed by atoms with Gasteiger partial charge in [0, 0.05) is 26.6 Å². The second-order valence-electron chi connectivity index (χ2n) is 5.83. The summed E-state index contributed by atoms with van der Waals surface area (Å²) in [7, 11) is 1.63. The Balaban J connectivity index is 1.72. The van der Waals surface area contributed by atoms with Crippen molar-refractivity contribution in [2.45, 2.75) is 37.7 Å². The van der Waals surface area contributed by atoms with E-state index in [-0.39, 0.29) is 5.91 Å². The molecule has 0 aromatic carbocycles. The fourth-order valence-corrected chi connectivity index (χ4v) is 3.22. The Labute approximate surface area is 102 Å². The Morgan fingerprint density at radius 3 is 2.71 bits per heavy atom. The summed E-state index contributed by atoms with van der Waals surface area (Å²) in [5.41, 5.74) is -0.213. The van der Waals surface area contributed by atoms with Gasteiger partial charge in [-0.05, 0) is 31.1 Å². The van der Waals surface area contributed by atoms with E-state index in [1.54, 1.807) is 7.11 Å². The van der Waals surface area contributed by atoms with Gasteiger partial charge < -0.3 is 14.4 Å². The third-order valence-corrected chi connectivity index (χ3v) is 4.67. The lowest BCUT2D eigenvalue weighted by Crippen LogP contribution is -2.53. The van der Waals surface area contributed by atoms with Crippen molar-refractivity contribution < 1.29 is 14.3 Å². The molecule has 96 valence electrons. The molecule has 3 rings (SSSR count). The van der Waals surface area contributed by atoms with Crippen LogP contribution in [0.1, 0.15) is 32.1 Å². The number of methoxy groups -OCH3 is 1. The van der Waals surface area contributed by atoms with Crippen molar-refractivity contribution in [3.05, 3.63) is 0 Å². The first-order chi connectivity index (χ1) is 8.20. The van der Waals surface area contributed by atoms with Crippen LogP contribution in [0, 0.1) is 5.41 Å². The summed E-state index contributed by atoms with van der Waals surface area (Å²) < 4.78 is 10.8. The highest BCUT2D eigenvalue weighted by Gasteiger charge is 2.51. The standard InChI is InChI=1S/C13H21NO3/c1-16-13(6-8-17-10-13)11(15)14-7-2-3-12(9-14)4-5-12/h2-10H2,1H3. The molecule has 0 aromatic heterocycles. The SMILES string of the molecule is COC1(C(=O)N2CCCC3(CC3)C2)CCOC1. The Bertz CT molecular complexity index is 319. The lowest BCUT2D eigenvalue weighted by atomic mass is 9.92. The highest BCUT2D eigenvalue weighted by Crippen LogP contribution is 2.52. The molecule has 1 saturated carbocycles. The topological polar surface area (TPSA) is 38.8 Å². The van der Waals surface area contributed by atoms with E-state index in [0.717, 1.165) is 19.5 Å². The summed E-state index contributed by atoms with van der Waals surface area (Å²) >= 11 is 0. The van der Waals surface area contributed by atoms with Crippen LogP contribution in [0.4, 0.5) is 0 Å². The molecule has 1 unspecified atom stereocenters. The number of carbonyl (C=O) groups excluding carboxylic acids is 1. The molecule has 2 heterocycles. The maximum absolute atomic E-state index is 12.6. The first-order valence-electron chi connectivity index (χ1n) is 6.62. The number of nitrogens with zero attached hydrogens (tertiary/aromatic N) is 1. The van der Waals surface area contributed by atoms with Crippen molar-refractivity contribution in [1.29, 1.82) is 0 Å². The molecule has 3 aliphatic rings. The Kier molecular flexibility index (Phi) is 2.67. The van der Waals surface area contributed by atoms with Crippen LogP contribution in [0.2, 0.25) is 0 Å². The van der Waals surface area contributed by atoms with Crippen molar-refractivity contribution in [2.75, 3.05) is 33.4 Å². The summed E-state index contributed by atoms with van der Waals surface area (Å²) in [4.78, 5) is 14.6. The lowest BCUT2D eigenvalue weighted by Gasteiger charge is -2.38. The number of ether oxygens (including phenoxy) is 2. The number of carbonyl (C=O) groups is 1. The number of likely N-dealkylation sites (tertiary alicyclic amines) is 1. The van der Waals surface area contributed by atoms with Crippen LogP contribution in [-0.4, -0.2) is 49.8 Å². The molecule has 17 heavy (non-hydrogen) atoms. The molecule has 1 spiro atoms. The number of amides is 1. The molecule has 1 atom stereocenters. The minimum absolute atomic E-state index is 0.156. The van der Waals surface area contributed by atoms with Gasteiger partial charge in [0.1, 0.15) is 0 Å². The fourth-order valence-electron chi connectivity index (χ4n) is 3.22. The Morgan fingerprint density at radius 2 is 2.12 bits per heavy atom. The van der Waals surface area contributed by atoms with E-state index in [9.17, 15) is 4.79 Å². The minimum atomic E-state index is -0.687. The van der Waals surface area contributed by atoms with Crippen LogP contribution < -0.4 is 0 Å². The first kappa shape index (κ1) is 11.5. The van der Waals surface area contributed by atoms with E-state index in [0.29, 0.717) is 25.0 Å². The predicted octanol–water partition coefficient (Wildman–Crippen LogP) is 1.19. The van der Waals surface area contributed by atoms with Gasteiger partial charge in [-0.2, -0.15) is 0 Å². The van der Waals surface area contributed by atoms with Gasteiger partial charge in [0.25, 0.3) is 5.91 Å². The maximum atomic E-state index is 12.6. The van der Waals surface area contributed by atoms with Crippen LogP contribution in [0.15, 0.2) is 0 Å². The van der Waals surface area contributed by atoms with Gasteiger partial charge in [0.05, 0.1) is 13.2 Å². The smallest absolute Gasteiger partial charge is 0.257 e. The molecule has 0 bridgehead atoms. The normalized spacial score (nSPS) is 35.2. The van der Waals surface area contributed by atoms with Gasteiger partial charge in [-0.3, -0.25) is 4.79 Å². The first-order valence-corrected chi connectivity index (χ1v) is 6.62. The largest absolute Gasteiger partial charge is 0.378 e. The Hall–Kier alpha value is -0.610. The zero-order chi connectivity index (χ0) is 11.9. The van der Waals surface area contributed by atoms with Gasteiger partial charge in [-0.15, -0.1) is 0 Å². The van der Waals surface area contributed by atoms with Crippen LogP contribution in [-0.2, 0) is 14.3 Å². The summed E-state index contributed by atoms with van der Waals surface area (Å²) in [6, 6.07) is 0. The summed E-state index contributed by atoms with van der Waals surface area (Å²) in [5, 5.41) is 0. The van der Waals surface area contributed by atoms with Crippen molar-refractivity contribution in [1.82, 2.24) is 4.90 Å². The van der Waals surface area contributed by atoms with Gasteiger partial charge in [0.15, 0.2) is 5.60 Å². The molecule has 2 aliphatic heterocycles. The van der Waals surface area contributed by atoms with E-state index in [1.807, 2.05) is 4.90 Å². The van der Waals surface area contributed by atoms with Gasteiger partial charge in [-0.1, -0.05) is 0 Å². The molecule has 3 fully saturated rings. The molecule has 0 aromatic rings. The highest BCUT2D eigenvalue weighted by molar-refractivity contribution is 5.86. The second-order valence-corrected chi connectivity index (χ2v) is 5.83. The van der Waals surface area contributed by atoms with Gasteiger partial charge >= 0.3 is 0 Å². The summed E-state index contributed by atoms with van der Waals surface area (Å²) in [5.74, 6) is 0.156. The molecule has 0 radical (unpaired) electrons. The van der Waals surface area contributed by atoms with Crippen LogP contribution in [0.5, 0.6) is 0 Å². The van der Waals surface area contributed by atoms with E-state index >= 15 is 0 Å². The average Bonchev–Trinajstić information content (AvgIpc) is 2.94. The fraction of sp³-hybridized carbons (Fsp3) is 0.923. The highest BCUT2D eigenvalue weighted by atomic mass is 16.6. The number of hydrogen-bond donors (Lipinski definition) is 0. The zero-order valence-corrected chi connectivity index (χ0v) is 10.5. The zero-order valence-electron chi connectivity index (χ0n) is 10.5. The van der Waals surface area contributed by atoms with Crippen molar-refractivity contribution in [2.24, 2.45) is 5.41 Å². The number of rotatable bonds is 2. The summed E-state index contributed by atoms with van der Waals surface area (Å²) in [6.45, 7) is 2.90. The third kappa shape index (κ3) is 1.87. The number of piperidine rings is 1. The van der Waals surface area contributed by atoms with E-state index in [1.165, 1.54) is 19.3 Å². The molecular formula is C13H21NO3. The second kappa shape index (κ2) is 3.95. The van der Waals surface area contributed by atoms with Gasteiger partial charge in [0.2, 0.25) is 0 Å². The van der Waals surface area contributed by atoms with Crippen molar-refractivity contribution in [3.8, 4) is 0 Å². The molecule has 1 aliphatic carbocycles. The predicted molar refractivity (Wildman–Crippen MR) is 62.7 cm³/mol. The minimum Gasteiger partial charge on any atom is -0.378 e. The third-order valence-electron chi connectivity index (χ3n) is 4.67. The van der Waals surface area contributed by atoms with Gasteiger partial charge in [-0.25, -0.2) is 0 Å². The molecule has 4 nitrogen and oxygen atoms in total. The van der Waals surface area contributed by atoms with Crippen LogP contribution in [0.3, 0.4) is 0 Å². The van der Waals surface area contributed by atoms with Crippen LogP contribution in [0.25, 0.3) is 0 Å².